The Bertz CT molecular complexity index is 496. The molecule has 0 saturated heterocycles. The number of nitrogens with zero attached hydrogens (tertiary/aromatic N) is 1. The number of nitrogens with two attached hydrogens (primary N) is 1. The lowest BCUT2D eigenvalue weighted by molar-refractivity contribution is -0.128. The highest BCUT2D eigenvalue weighted by Gasteiger charge is 2.60. The first-order valence-electron chi connectivity index (χ1n) is 11.0. The fraction of sp³-hybridized carbons (Fsp3) is 1.00. The van der Waals surface area contributed by atoms with Gasteiger partial charge in [-0.15, -0.1) is 0 Å². The Labute approximate surface area is 154 Å². The van der Waals surface area contributed by atoms with Crippen molar-refractivity contribution in [3.05, 3.63) is 0 Å². The third-order valence-electron chi connectivity index (χ3n) is 9.60. The van der Waals surface area contributed by atoms with Crippen molar-refractivity contribution in [2.75, 3.05) is 20.1 Å². The molecule has 0 unspecified atom stereocenters. The van der Waals surface area contributed by atoms with Gasteiger partial charge in [0.2, 0.25) is 0 Å². The summed E-state index contributed by atoms with van der Waals surface area (Å²) in [4.78, 5) is 2.57. The topological polar surface area (TPSA) is 49.5 Å². The van der Waals surface area contributed by atoms with E-state index in [1.54, 1.807) is 0 Å². The molecule has 0 amide bonds. The zero-order valence-corrected chi connectivity index (χ0v) is 16.7. The minimum Gasteiger partial charge on any atom is -0.393 e. The van der Waals surface area contributed by atoms with E-state index in [2.05, 4.69) is 25.8 Å². The number of aliphatic hydroxyl groups excluding tert-OH is 1. The molecule has 3 nitrogen and oxygen atoms in total. The summed E-state index contributed by atoms with van der Waals surface area (Å²) >= 11 is 0. The van der Waals surface area contributed by atoms with Crippen LogP contribution in [-0.2, 0) is 0 Å². The molecule has 25 heavy (non-hydrogen) atoms. The van der Waals surface area contributed by atoms with Gasteiger partial charge in [-0.05, 0) is 99.3 Å². The highest BCUT2D eigenvalue weighted by atomic mass is 16.3. The van der Waals surface area contributed by atoms with Crippen molar-refractivity contribution in [1.29, 1.82) is 0 Å². The summed E-state index contributed by atoms with van der Waals surface area (Å²) in [6, 6.07) is 0.737. The van der Waals surface area contributed by atoms with Gasteiger partial charge in [0, 0.05) is 19.1 Å². The molecule has 4 aliphatic rings. The lowest BCUT2D eigenvalue weighted by Crippen LogP contribution is -2.56. The first kappa shape index (κ1) is 18.3. The highest BCUT2D eigenvalue weighted by Crippen LogP contribution is 2.66. The lowest BCUT2D eigenvalue weighted by atomic mass is 9.45. The Balaban J connectivity index is 1.56. The number of likely N-dealkylation sites (N-methyl/N-ethyl adjacent to an activating group) is 1. The van der Waals surface area contributed by atoms with E-state index in [0.29, 0.717) is 10.8 Å². The SMILES string of the molecule is CN(CCN)[C@H]1CC[C@H]2[C@@H]3CC[C@H]4C[C@H](O)CC[C@]4(C)[C@H]3CC[C@]12C. The van der Waals surface area contributed by atoms with Gasteiger partial charge in [0.15, 0.2) is 0 Å². The molecule has 144 valence electrons. The van der Waals surface area contributed by atoms with E-state index in [4.69, 9.17) is 5.73 Å². The molecule has 0 heterocycles. The Morgan fingerprint density at radius 2 is 1.68 bits per heavy atom. The molecular formula is C22H40N2O. The van der Waals surface area contributed by atoms with E-state index in [1.807, 2.05) is 0 Å². The second-order valence-corrected chi connectivity index (χ2v) is 10.5. The van der Waals surface area contributed by atoms with Crippen molar-refractivity contribution in [3.63, 3.8) is 0 Å². The maximum absolute atomic E-state index is 10.2. The van der Waals surface area contributed by atoms with E-state index in [1.165, 1.54) is 44.9 Å². The summed E-state index contributed by atoms with van der Waals surface area (Å²) in [7, 11) is 2.30. The third-order valence-corrected chi connectivity index (χ3v) is 9.60. The molecule has 0 aromatic heterocycles. The Morgan fingerprint density at radius 3 is 2.44 bits per heavy atom. The van der Waals surface area contributed by atoms with Gasteiger partial charge in [0.25, 0.3) is 0 Å². The van der Waals surface area contributed by atoms with Gasteiger partial charge in [-0.25, -0.2) is 0 Å². The largest absolute Gasteiger partial charge is 0.393 e. The van der Waals surface area contributed by atoms with Gasteiger partial charge in [-0.2, -0.15) is 0 Å². The van der Waals surface area contributed by atoms with Gasteiger partial charge in [-0.1, -0.05) is 13.8 Å². The number of fused-ring (bicyclic) bond motifs is 5. The van der Waals surface area contributed by atoms with Crippen LogP contribution in [0.25, 0.3) is 0 Å². The molecule has 0 aromatic rings. The maximum Gasteiger partial charge on any atom is 0.0543 e. The maximum atomic E-state index is 10.2. The predicted octanol–water partition coefficient (Wildman–Crippen LogP) is 3.65. The molecule has 4 rings (SSSR count). The van der Waals surface area contributed by atoms with E-state index in [0.717, 1.165) is 55.6 Å². The number of hydrogen-bond acceptors (Lipinski definition) is 3. The van der Waals surface area contributed by atoms with Crippen LogP contribution in [0.5, 0.6) is 0 Å². The van der Waals surface area contributed by atoms with Gasteiger partial charge in [0.05, 0.1) is 6.10 Å². The Morgan fingerprint density at radius 1 is 0.960 bits per heavy atom. The molecule has 0 radical (unpaired) electrons. The van der Waals surface area contributed by atoms with Gasteiger partial charge in [0.1, 0.15) is 0 Å². The summed E-state index contributed by atoms with van der Waals surface area (Å²) in [5.41, 5.74) is 6.86. The lowest BCUT2D eigenvalue weighted by Gasteiger charge is -2.61. The van der Waals surface area contributed by atoms with Crippen LogP contribution in [0.1, 0.15) is 71.6 Å². The van der Waals surface area contributed by atoms with E-state index in [-0.39, 0.29) is 6.10 Å². The van der Waals surface area contributed by atoms with Crippen molar-refractivity contribution in [3.8, 4) is 0 Å². The fourth-order valence-electron chi connectivity index (χ4n) is 8.29. The highest BCUT2D eigenvalue weighted by molar-refractivity contribution is 5.11. The van der Waals surface area contributed by atoms with Crippen molar-refractivity contribution in [2.24, 2.45) is 40.2 Å². The van der Waals surface area contributed by atoms with Crippen LogP contribution in [0.4, 0.5) is 0 Å². The summed E-state index contributed by atoms with van der Waals surface area (Å²) in [5.74, 6) is 3.54. The molecule has 4 aliphatic carbocycles. The number of rotatable bonds is 3. The molecular weight excluding hydrogens is 308 g/mol. The summed E-state index contributed by atoms with van der Waals surface area (Å²) in [6.07, 6.45) is 11.8. The number of aliphatic hydroxyl groups is 1. The van der Waals surface area contributed by atoms with Gasteiger partial charge >= 0.3 is 0 Å². The van der Waals surface area contributed by atoms with Crippen molar-refractivity contribution >= 4 is 0 Å². The molecule has 3 heteroatoms. The fourth-order valence-corrected chi connectivity index (χ4v) is 8.29. The van der Waals surface area contributed by atoms with E-state index >= 15 is 0 Å². The van der Waals surface area contributed by atoms with Crippen LogP contribution in [-0.4, -0.2) is 42.3 Å². The second kappa shape index (κ2) is 6.49. The Hall–Kier alpha value is -0.120. The van der Waals surface area contributed by atoms with Crippen LogP contribution in [0.3, 0.4) is 0 Å². The summed E-state index contributed by atoms with van der Waals surface area (Å²) in [6.45, 7) is 7.02. The van der Waals surface area contributed by atoms with E-state index < -0.39 is 0 Å². The minimum atomic E-state index is -0.0238. The Kier molecular flexibility index (Phi) is 4.74. The van der Waals surface area contributed by atoms with Crippen LogP contribution < -0.4 is 5.73 Å². The van der Waals surface area contributed by atoms with Crippen molar-refractivity contribution < 1.29 is 5.11 Å². The van der Waals surface area contributed by atoms with Crippen LogP contribution in [0, 0.1) is 34.5 Å². The summed E-state index contributed by atoms with van der Waals surface area (Å²) < 4.78 is 0. The minimum absolute atomic E-state index is 0.0238. The quantitative estimate of drug-likeness (QED) is 0.818. The first-order chi connectivity index (χ1) is 11.9. The molecule has 0 bridgehead atoms. The number of hydrogen-bond donors (Lipinski definition) is 2. The molecule has 0 spiro atoms. The smallest absolute Gasteiger partial charge is 0.0543 e. The average Bonchev–Trinajstić information content (AvgIpc) is 2.93. The average molecular weight is 349 g/mol. The monoisotopic (exact) mass is 348 g/mol. The van der Waals surface area contributed by atoms with Crippen LogP contribution in [0.15, 0.2) is 0 Å². The summed E-state index contributed by atoms with van der Waals surface area (Å²) in [5, 5.41) is 10.2. The van der Waals surface area contributed by atoms with E-state index in [9.17, 15) is 5.11 Å². The molecule has 0 aliphatic heterocycles. The third kappa shape index (κ3) is 2.72. The van der Waals surface area contributed by atoms with Crippen LogP contribution >= 0.6 is 0 Å². The first-order valence-corrected chi connectivity index (χ1v) is 11.0. The van der Waals surface area contributed by atoms with Gasteiger partial charge in [-0.3, -0.25) is 0 Å². The van der Waals surface area contributed by atoms with Crippen molar-refractivity contribution in [2.45, 2.75) is 83.8 Å². The molecule has 4 saturated carbocycles. The molecule has 8 atom stereocenters. The van der Waals surface area contributed by atoms with Crippen molar-refractivity contribution in [1.82, 2.24) is 4.90 Å². The zero-order chi connectivity index (χ0) is 17.8. The molecule has 0 aromatic carbocycles. The normalized spacial score (nSPS) is 52.6. The predicted molar refractivity (Wildman–Crippen MR) is 103 cm³/mol. The molecule has 3 N–H and O–H groups in total. The van der Waals surface area contributed by atoms with Crippen LogP contribution in [0.2, 0.25) is 0 Å². The second-order valence-electron chi connectivity index (χ2n) is 10.5. The van der Waals surface area contributed by atoms with Gasteiger partial charge < -0.3 is 15.7 Å². The standard InChI is InChI=1S/C22H40N2O/c1-21-10-8-16(25)14-15(21)4-5-17-18-6-7-20(24(3)13-12-23)22(18,2)11-9-19(17)21/h15-20,25H,4-14,23H2,1-3H3/t15-,16+,17-,18-,19-,20-,21-,22-/m0/s1. The molecule has 4 fully saturated rings. The zero-order valence-electron chi connectivity index (χ0n) is 16.7.